The summed E-state index contributed by atoms with van der Waals surface area (Å²) >= 11 is 12.1. The molecule has 0 unspecified atom stereocenters. The number of carbonyl (C=O) groups is 1. The van der Waals surface area contributed by atoms with E-state index < -0.39 is 0 Å². The second-order valence-corrected chi connectivity index (χ2v) is 7.66. The molecule has 20 heavy (non-hydrogen) atoms. The predicted octanol–water partition coefficient (Wildman–Crippen LogP) is 4.41. The third-order valence-electron chi connectivity index (χ3n) is 2.16. The molecule has 2 aromatic rings. The van der Waals surface area contributed by atoms with Crippen LogP contribution in [0.15, 0.2) is 50.2 Å². The molecule has 0 aliphatic carbocycles. The minimum Gasteiger partial charge on any atom is -0.272 e. The third-order valence-corrected chi connectivity index (χ3v) is 4.98. The molecule has 3 nitrogen and oxygen atoms in total. The Morgan fingerprint density at radius 1 is 1.35 bits per heavy atom. The average Bonchev–Trinajstić information content (AvgIpc) is 2.84. The van der Waals surface area contributed by atoms with Gasteiger partial charge in [0.25, 0.3) is 0 Å². The van der Waals surface area contributed by atoms with Crippen LogP contribution in [0, 0.1) is 0 Å². The van der Waals surface area contributed by atoms with Crippen LogP contribution in [0.5, 0.6) is 0 Å². The Balaban J connectivity index is 1.75. The van der Waals surface area contributed by atoms with Crippen molar-refractivity contribution in [3.63, 3.8) is 0 Å². The Bertz CT molecular complexity index is 613. The van der Waals surface area contributed by atoms with Crippen molar-refractivity contribution in [3.8, 4) is 0 Å². The van der Waals surface area contributed by atoms with Crippen molar-refractivity contribution in [2.45, 2.75) is 4.90 Å². The quantitative estimate of drug-likeness (QED) is 0.467. The number of nitrogens with one attached hydrogen (secondary N) is 1. The molecule has 0 radical (unpaired) electrons. The second kappa shape index (κ2) is 7.83. The van der Waals surface area contributed by atoms with Crippen molar-refractivity contribution in [1.29, 1.82) is 0 Å². The number of rotatable bonds is 5. The normalized spacial score (nSPS) is 10.9. The van der Waals surface area contributed by atoms with E-state index in [-0.39, 0.29) is 5.91 Å². The molecule has 1 amide bonds. The maximum atomic E-state index is 11.6. The molecule has 1 aromatic heterocycles. The summed E-state index contributed by atoms with van der Waals surface area (Å²) in [5.74, 6) is 0.171. The number of hydrazone groups is 1. The summed E-state index contributed by atoms with van der Waals surface area (Å²) in [5, 5.41) is 4.60. The first-order valence-electron chi connectivity index (χ1n) is 5.59. The number of thioether (sulfide) groups is 1. The molecule has 1 aromatic carbocycles. The minimum absolute atomic E-state index is 0.142. The van der Waals surface area contributed by atoms with Gasteiger partial charge in [0, 0.05) is 14.8 Å². The van der Waals surface area contributed by atoms with E-state index in [2.05, 4.69) is 26.5 Å². The first kappa shape index (κ1) is 15.6. The van der Waals surface area contributed by atoms with E-state index in [0.29, 0.717) is 10.8 Å². The van der Waals surface area contributed by atoms with Gasteiger partial charge in [-0.15, -0.1) is 23.1 Å². The van der Waals surface area contributed by atoms with Crippen molar-refractivity contribution < 1.29 is 4.79 Å². The lowest BCUT2D eigenvalue weighted by Crippen LogP contribution is -2.19. The van der Waals surface area contributed by atoms with Crippen LogP contribution in [0.25, 0.3) is 0 Å². The van der Waals surface area contributed by atoms with Gasteiger partial charge in [-0.1, -0.05) is 11.6 Å². The summed E-state index contributed by atoms with van der Waals surface area (Å²) in [4.78, 5) is 13.6. The fourth-order valence-corrected chi connectivity index (χ4v) is 3.39. The zero-order valence-corrected chi connectivity index (χ0v) is 14.2. The molecule has 0 saturated carbocycles. The van der Waals surface area contributed by atoms with Crippen LogP contribution in [-0.4, -0.2) is 17.9 Å². The first-order valence-corrected chi connectivity index (χ1v) is 8.56. The molecule has 0 fully saturated rings. The molecule has 0 spiro atoms. The van der Waals surface area contributed by atoms with Crippen molar-refractivity contribution in [2.75, 3.05) is 5.75 Å². The fourth-order valence-electron chi connectivity index (χ4n) is 1.28. The second-order valence-electron chi connectivity index (χ2n) is 3.68. The maximum absolute atomic E-state index is 11.6. The molecule has 0 atom stereocenters. The van der Waals surface area contributed by atoms with E-state index in [0.717, 1.165) is 13.6 Å². The lowest BCUT2D eigenvalue weighted by Gasteiger charge is -2.00. The van der Waals surface area contributed by atoms with Crippen LogP contribution in [0.1, 0.15) is 4.88 Å². The van der Waals surface area contributed by atoms with Gasteiger partial charge < -0.3 is 0 Å². The number of hydrogen-bond donors (Lipinski definition) is 1. The molecule has 0 aliphatic rings. The topological polar surface area (TPSA) is 41.5 Å². The van der Waals surface area contributed by atoms with Gasteiger partial charge in [0.1, 0.15) is 0 Å². The van der Waals surface area contributed by atoms with Crippen molar-refractivity contribution in [2.24, 2.45) is 5.10 Å². The Labute approximate surface area is 138 Å². The van der Waals surface area contributed by atoms with E-state index in [1.54, 1.807) is 29.7 Å². The number of thiophene rings is 1. The van der Waals surface area contributed by atoms with Gasteiger partial charge >= 0.3 is 0 Å². The molecule has 1 heterocycles. The molecular weight excluding hydrogens is 380 g/mol. The number of amides is 1. The van der Waals surface area contributed by atoms with Gasteiger partial charge in [-0.2, -0.15) is 5.10 Å². The van der Waals surface area contributed by atoms with Crippen molar-refractivity contribution in [3.05, 3.63) is 50.1 Å². The standard InChI is InChI=1S/C13H10BrClN2OS2/c14-12-6-5-11(20-12)7-16-17-13(18)8-19-10-3-1-9(15)2-4-10/h1-7H,8H2,(H,17,18)/b16-7-. The number of hydrogen-bond acceptors (Lipinski definition) is 4. The number of benzene rings is 1. The predicted molar refractivity (Wildman–Crippen MR) is 89.9 cm³/mol. The number of carbonyl (C=O) groups excluding carboxylic acids is 1. The van der Waals surface area contributed by atoms with Gasteiger partial charge in [-0.05, 0) is 52.3 Å². The van der Waals surface area contributed by atoms with Crippen molar-refractivity contribution in [1.82, 2.24) is 5.43 Å². The Morgan fingerprint density at radius 2 is 2.10 bits per heavy atom. The summed E-state index contributed by atoms with van der Waals surface area (Å²) in [7, 11) is 0. The smallest absolute Gasteiger partial charge is 0.250 e. The molecular formula is C13H10BrClN2OS2. The minimum atomic E-state index is -0.142. The lowest BCUT2D eigenvalue weighted by molar-refractivity contribution is -0.118. The highest BCUT2D eigenvalue weighted by Crippen LogP contribution is 2.21. The fraction of sp³-hybridized carbons (Fsp3) is 0.0769. The van der Waals surface area contributed by atoms with Crippen LogP contribution >= 0.6 is 50.6 Å². The van der Waals surface area contributed by atoms with E-state index in [9.17, 15) is 4.79 Å². The monoisotopic (exact) mass is 388 g/mol. The zero-order valence-electron chi connectivity index (χ0n) is 10.2. The lowest BCUT2D eigenvalue weighted by atomic mass is 10.4. The molecule has 2 rings (SSSR count). The van der Waals surface area contributed by atoms with E-state index >= 15 is 0 Å². The van der Waals surface area contributed by atoms with Crippen LogP contribution in [0.3, 0.4) is 0 Å². The van der Waals surface area contributed by atoms with Crippen LogP contribution in [0.2, 0.25) is 5.02 Å². The van der Waals surface area contributed by atoms with E-state index in [1.807, 2.05) is 24.3 Å². The maximum Gasteiger partial charge on any atom is 0.250 e. The summed E-state index contributed by atoms with van der Waals surface area (Å²) in [6.45, 7) is 0. The molecule has 0 saturated heterocycles. The van der Waals surface area contributed by atoms with E-state index in [4.69, 9.17) is 11.6 Å². The van der Waals surface area contributed by atoms with Crippen LogP contribution < -0.4 is 5.43 Å². The van der Waals surface area contributed by atoms with Crippen molar-refractivity contribution >= 4 is 62.8 Å². The van der Waals surface area contributed by atoms with Gasteiger partial charge in [-0.3, -0.25) is 4.79 Å². The Hall–Kier alpha value is -0.820. The van der Waals surface area contributed by atoms with Gasteiger partial charge in [0.2, 0.25) is 5.91 Å². The molecule has 0 bridgehead atoms. The largest absolute Gasteiger partial charge is 0.272 e. The van der Waals surface area contributed by atoms with Gasteiger partial charge in [0.05, 0.1) is 15.8 Å². The summed E-state index contributed by atoms with van der Waals surface area (Å²) in [6.07, 6.45) is 1.63. The van der Waals surface area contributed by atoms with Crippen LogP contribution in [-0.2, 0) is 4.79 Å². The summed E-state index contributed by atoms with van der Waals surface area (Å²) in [6, 6.07) is 11.2. The highest BCUT2D eigenvalue weighted by atomic mass is 79.9. The zero-order chi connectivity index (χ0) is 14.4. The molecule has 0 aliphatic heterocycles. The highest BCUT2D eigenvalue weighted by molar-refractivity contribution is 9.11. The van der Waals surface area contributed by atoms with E-state index in [1.165, 1.54) is 11.8 Å². The molecule has 104 valence electrons. The summed E-state index contributed by atoms with van der Waals surface area (Å²) < 4.78 is 1.03. The summed E-state index contributed by atoms with van der Waals surface area (Å²) in [5.41, 5.74) is 2.50. The molecule has 1 N–H and O–H groups in total. The number of halogens is 2. The van der Waals surface area contributed by atoms with Gasteiger partial charge in [-0.25, -0.2) is 5.43 Å². The third kappa shape index (κ3) is 5.28. The molecule has 7 heteroatoms. The SMILES string of the molecule is O=C(CSc1ccc(Cl)cc1)N/N=C\c1ccc(Br)s1. The Kier molecular flexibility index (Phi) is 6.09. The van der Waals surface area contributed by atoms with Gasteiger partial charge in [0.15, 0.2) is 0 Å². The van der Waals surface area contributed by atoms with Crippen LogP contribution in [0.4, 0.5) is 0 Å². The Morgan fingerprint density at radius 3 is 2.75 bits per heavy atom. The average molecular weight is 390 g/mol. The first-order chi connectivity index (χ1) is 9.63. The number of nitrogens with zero attached hydrogens (tertiary/aromatic N) is 1. The highest BCUT2D eigenvalue weighted by Gasteiger charge is 2.01.